The first kappa shape index (κ1) is 9.95. The molecule has 1 saturated carbocycles. The largest absolute Gasteiger partial charge is 0.376 e. The maximum absolute atomic E-state index is 3.75. The van der Waals surface area contributed by atoms with Crippen LogP contribution in [0, 0.1) is 13.8 Å². The van der Waals surface area contributed by atoms with Crippen LogP contribution in [-0.2, 0) is 0 Å². The molecule has 1 heteroatoms. The molecule has 16 heavy (non-hydrogen) atoms. The van der Waals surface area contributed by atoms with Gasteiger partial charge in [-0.2, -0.15) is 0 Å². The number of fused-ring (bicyclic) bond motifs is 2. The van der Waals surface area contributed by atoms with Gasteiger partial charge in [0, 0.05) is 11.3 Å². The molecule has 0 aromatic heterocycles. The summed E-state index contributed by atoms with van der Waals surface area (Å²) in [6.45, 7) is 6.72. The molecule has 0 amide bonds. The van der Waals surface area contributed by atoms with Crippen LogP contribution in [-0.4, -0.2) is 5.54 Å². The molecule has 1 aromatic rings. The van der Waals surface area contributed by atoms with Gasteiger partial charge >= 0.3 is 0 Å². The molecule has 0 saturated heterocycles. The van der Waals surface area contributed by atoms with Crippen molar-refractivity contribution in [2.24, 2.45) is 0 Å². The Morgan fingerprint density at radius 2 is 2.06 bits per heavy atom. The molecule has 0 bridgehead atoms. The summed E-state index contributed by atoms with van der Waals surface area (Å²) < 4.78 is 0. The van der Waals surface area contributed by atoms with Gasteiger partial charge in [0.25, 0.3) is 0 Å². The zero-order valence-electron chi connectivity index (χ0n) is 10.4. The molecule has 0 radical (unpaired) electrons. The second-order valence-electron chi connectivity index (χ2n) is 5.52. The van der Waals surface area contributed by atoms with Crippen LogP contribution in [0.1, 0.15) is 42.9 Å². The summed E-state index contributed by atoms with van der Waals surface area (Å²) >= 11 is 0. The van der Waals surface area contributed by atoms with Crippen molar-refractivity contribution in [1.29, 1.82) is 0 Å². The van der Waals surface area contributed by atoms with E-state index in [1.165, 1.54) is 41.6 Å². The molecule has 1 unspecified atom stereocenters. The highest BCUT2D eigenvalue weighted by Gasteiger charge is 2.36. The van der Waals surface area contributed by atoms with Gasteiger partial charge in [-0.25, -0.2) is 0 Å². The summed E-state index contributed by atoms with van der Waals surface area (Å²) in [7, 11) is 0. The number of aryl methyl sites for hydroxylation is 2. The second kappa shape index (κ2) is 3.13. The third-order valence-corrected chi connectivity index (χ3v) is 4.09. The minimum Gasteiger partial charge on any atom is -0.376 e. The SMILES string of the molecule is Cc1cc(C)c2c(c1)NC1(C)CCCC1=C2. The topological polar surface area (TPSA) is 12.0 Å². The number of hydrogen-bond donors (Lipinski definition) is 1. The van der Waals surface area contributed by atoms with Gasteiger partial charge in [-0.1, -0.05) is 12.1 Å². The predicted octanol–water partition coefficient (Wildman–Crippen LogP) is 4.05. The molecule has 1 aromatic carbocycles. The Kier molecular flexibility index (Phi) is 1.95. The predicted molar refractivity (Wildman–Crippen MR) is 69.8 cm³/mol. The molecule has 1 nitrogen and oxygen atoms in total. The number of nitrogens with one attached hydrogen (secondary N) is 1. The van der Waals surface area contributed by atoms with Crippen LogP contribution in [0.15, 0.2) is 17.7 Å². The number of hydrogen-bond acceptors (Lipinski definition) is 1. The Balaban J connectivity index is 2.18. The highest BCUT2D eigenvalue weighted by Crippen LogP contribution is 2.44. The standard InChI is InChI=1S/C15H19N/c1-10-7-11(2)13-9-12-5-4-6-15(12,3)16-14(13)8-10/h7-9,16H,4-6H2,1-3H3. The maximum Gasteiger partial charge on any atom is 0.0560 e. The van der Waals surface area contributed by atoms with E-state index in [9.17, 15) is 0 Å². The molecular weight excluding hydrogens is 194 g/mol. The fourth-order valence-electron chi connectivity index (χ4n) is 3.19. The molecule has 1 N–H and O–H groups in total. The van der Waals surface area contributed by atoms with Crippen molar-refractivity contribution in [3.8, 4) is 0 Å². The Bertz CT molecular complexity index is 484. The van der Waals surface area contributed by atoms with Crippen LogP contribution in [0.25, 0.3) is 6.08 Å². The van der Waals surface area contributed by atoms with Crippen molar-refractivity contribution >= 4 is 11.8 Å². The molecular formula is C15H19N. The van der Waals surface area contributed by atoms with E-state index in [4.69, 9.17) is 0 Å². The highest BCUT2D eigenvalue weighted by molar-refractivity contribution is 5.78. The normalized spacial score (nSPS) is 26.8. The molecule has 1 atom stereocenters. The molecule has 1 aliphatic carbocycles. The Hall–Kier alpha value is -1.24. The van der Waals surface area contributed by atoms with Crippen molar-refractivity contribution in [3.63, 3.8) is 0 Å². The van der Waals surface area contributed by atoms with E-state index >= 15 is 0 Å². The van der Waals surface area contributed by atoms with Gasteiger partial charge in [0.05, 0.1) is 5.54 Å². The number of anilines is 1. The smallest absolute Gasteiger partial charge is 0.0560 e. The zero-order valence-corrected chi connectivity index (χ0v) is 10.4. The van der Waals surface area contributed by atoms with Crippen LogP contribution in [0.5, 0.6) is 0 Å². The average Bonchev–Trinajstić information content (AvgIpc) is 2.55. The summed E-state index contributed by atoms with van der Waals surface area (Å²) in [5, 5.41) is 3.75. The summed E-state index contributed by atoms with van der Waals surface area (Å²) in [6.07, 6.45) is 6.27. The van der Waals surface area contributed by atoms with Crippen LogP contribution in [0.4, 0.5) is 5.69 Å². The molecule has 1 aliphatic heterocycles. The minimum atomic E-state index is 0.229. The first-order valence-electron chi connectivity index (χ1n) is 6.19. The Labute approximate surface area is 97.6 Å². The Morgan fingerprint density at radius 1 is 1.25 bits per heavy atom. The summed E-state index contributed by atoms with van der Waals surface area (Å²) in [5.74, 6) is 0. The lowest BCUT2D eigenvalue weighted by molar-refractivity contribution is 0.610. The zero-order chi connectivity index (χ0) is 11.3. The third kappa shape index (κ3) is 1.31. The molecule has 84 valence electrons. The highest BCUT2D eigenvalue weighted by atomic mass is 15.0. The average molecular weight is 213 g/mol. The van der Waals surface area contributed by atoms with Gasteiger partial charge in [-0.3, -0.25) is 0 Å². The van der Waals surface area contributed by atoms with Gasteiger partial charge in [0.2, 0.25) is 0 Å². The summed E-state index contributed by atoms with van der Waals surface area (Å²) in [4.78, 5) is 0. The summed E-state index contributed by atoms with van der Waals surface area (Å²) in [5.41, 5.74) is 7.29. The van der Waals surface area contributed by atoms with Crippen molar-refractivity contribution in [1.82, 2.24) is 0 Å². The van der Waals surface area contributed by atoms with E-state index in [1.807, 2.05) is 0 Å². The van der Waals surface area contributed by atoms with Crippen molar-refractivity contribution < 1.29 is 0 Å². The molecule has 1 heterocycles. The van der Waals surface area contributed by atoms with E-state index in [2.05, 4.69) is 44.3 Å². The molecule has 2 aliphatic rings. The summed E-state index contributed by atoms with van der Waals surface area (Å²) in [6, 6.07) is 4.55. The van der Waals surface area contributed by atoms with Gasteiger partial charge in [-0.05, 0) is 62.8 Å². The van der Waals surface area contributed by atoms with E-state index in [-0.39, 0.29) is 5.54 Å². The van der Waals surface area contributed by atoms with Crippen LogP contribution >= 0.6 is 0 Å². The van der Waals surface area contributed by atoms with Gasteiger partial charge in [-0.15, -0.1) is 0 Å². The van der Waals surface area contributed by atoms with Gasteiger partial charge < -0.3 is 5.32 Å². The number of rotatable bonds is 0. The molecule has 0 spiro atoms. The van der Waals surface area contributed by atoms with Crippen molar-refractivity contribution in [2.75, 3.05) is 5.32 Å². The van der Waals surface area contributed by atoms with Crippen LogP contribution in [0.3, 0.4) is 0 Å². The van der Waals surface area contributed by atoms with Gasteiger partial charge in [0.1, 0.15) is 0 Å². The van der Waals surface area contributed by atoms with Gasteiger partial charge in [0.15, 0.2) is 0 Å². The first-order valence-corrected chi connectivity index (χ1v) is 6.19. The quantitative estimate of drug-likeness (QED) is 0.685. The lowest BCUT2D eigenvalue weighted by Gasteiger charge is -2.34. The van der Waals surface area contributed by atoms with E-state index in [0.29, 0.717) is 0 Å². The van der Waals surface area contributed by atoms with E-state index in [0.717, 1.165) is 0 Å². The van der Waals surface area contributed by atoms with Crippen LogP contribution in [0.2, 0.25) is 0 Å². The maximum atomic E-state index is 3.75. The number of benzene rings is 1. The first-order chi connectivity index (χ1) is 7.58. The second-order valence-corrected chi connectivity index (χ2v) is 5.52. The van der Waals surface area contributed by atoms with E-state index in [1.54, 1.807) is 5.57 Å². The van der Waals surface area contributed by atoms with Crippen molar-refractivity contribution in [2.45, 2.75) is 45.6 Å². The fourth-order valence-corrected chi connectivity index (χ4v) is 3.19. The van der Waals surface area contributed by atoms with E-state index < -0.39 is 0 Å². The lowest BCUT2D eigenvalue weighted by atomic mass is 9.87. The third-order valence-electron chi connectivity index (χ3n) is 4.09. The molecule has 3 rings (SSSR count). The Morgan fingerprint density at radius 3 is 2.88 bits per heavy atom. The van der Waals surface area contributed by atoms with Crippen molar-refractivity contribution in [3.05, 3.63) is 34.4 Å². The fraction of sp³-hybridized carbons (Fsp3) is 0.467. The molecule has 1 fully saturated rings. The lowest BCUT2D eigenvalue weighted by Crippen LogP contribution is -2.35. The monoisotopic (exact) mass is 213 g/mol. The minimum absolute atomic E-state index is 0.229. The van der Waals surface area contributed by atoms with Crippen LogP contribution < -0.4 is 5.32 Å².